The standard InChI is InChI=1S/C25H29ClN6O3S2/c1-37-21-7-3-2-6-19(21)28-24(36)34-32-11-8-25(9-12-32)17-20(29-35-25)23(33)31-15-13-30(14-16-31)22-18(26)5-4-10-27-22/h2-7,10,17,29H,8-9,11-16H2,1H3,(H,28,36). The van der Waals surface area contributed by atoms with E-state index in [-0.39, 0.29) is 5.91 Å². The van der Waals surface area contributed by atoms with Gasteiger partial charge in [-0.3, -0.25) is 15.1 Å². The molecule has 2 N–H and O–H groups in total. The third kappa shape index (κ3) is 5.96. The number of anilines is 2. The molecular formula is C25H29ClN6O3S2. The van der Waals surface area contributed by atoms with Crippen molar-refractivity contribution in [2.24, 2.45) is 0 Å². The minimum absolute atomic E-state index is 0.0554. The number of carbonyl (C=O) groups excluding carboxylic acids is 1. The fourth-order valence-corrected chi connectivity index (χ4v) is 5.70. The molecule has 2 fully saturated rings. The Bertz CT molecular complexity index is 1180. The Morgan fingerprint density at radius 3 is 2.65 bits per heavy atom. The normalized spacial score (nSPS) is 19.4. The maximum atomic E-state index is 13.2. The molecule has 0 saturated carbocycles. The summed E-state index contributed by atoms with van der Waals surface area (Å²) in [6.45, 7) is 3.75. The highest BCUT2D eigenvalue weighted by Gasteiger charge is 2.41. The molecule has 0 unspecified atom stereocenters. The van der Waals surface area contributed by atoms with Crippen molar-refractivity contribution in [1.82, 2.24) is 20.4 Å². The first-order valence-electron chi connectivity index (χ1n) is 12.1. The third-order valence-electron chi connectivity index (χ3n) is 6.73. The molecule has 196 valence electrons. The second kappa shape index (κ2) is 11.4. The van der Waals surface area contributed by atoms with E-state index in [1.165, 1.54) is 0 Å². The molecule has 3 aliphatic rings. The van der Waals surface area contributed by atoms with E-state index in [4.69, 9.17) is 33.5 Å². The number of nitrogens with one attached hydrogen (secondary N) is 2. The summed E-state index contributed by atoms with van der Waals surface area (Å²) < 4.78 is 0. The molecule has 1 amide bonds. The Morgan fingerprint density at radius 2 is 1.92 bits per heavy atom. The first-order chi connectivity index (χ1) is 18.0. The number of aromatic nitrogens is 1. The number of rotatable bonds is 5. The van der Waals surface area contributed by atoms with Crippen LogP contribution in [0.4, 0.5) is 11.5 Å². The Kier molecular flexibility index (Phi) is 8.06. The molecule has 9 nitrogen and oxygen atoms in total. The maximum Gasteiger partial charge on any atom is 0.283 e. The number of amides is 1. The minimum Gasteiger partial charge on any atom is -0.375 e. The van der Waals surface area contributed by atoms with Crippen molar-refractivity contribution in [3.8, 4) is 0 Å². The van der Waals surface area contributed by atoms with Crippen LogP contribution in [0.15, 0.2) is 59.3 Å². The van der Waals surface area contributed by atoms with Gasteiger partial charge < -0.3 is 20.0 Å². The van der Waals surface area contributed by atoms with E-state index in [0.29, 0.717) is 68.0 Å². The fraction of sp³-hybridized carbons (Fsp3) is 0.400. The molecule has 37 heavy (non-hydrogen) atoms. The molecule has 0 atom stereocenters. The molecule has 2 aromatic rings. The highest BCUT2D eigenvalue weighted by atomic mass is 35.5. The molecule has 0 bridgehead atoms. The van der Waals surface area contributed by atoms with Crippen molar-refractivity contribution in [1.29, 1.82) is 0 Å². The minimum atomic E-state index is -0.533. The number of thioether (sulfide) groups is 1. The maximum absolute atomic E-state index is 13.2. The molecule has 5 rings (SSSR count). The van der Waals surface area contributed by atoms with Gasteiger partial charge in [-0.2, -0.15) is 0 Å². The average molecular weight is 561 g/mol. The summed E-state index contributed by atoms with van der Waals surface area (Å²) in [7, 11) is 0. The predicted octanol–water partition coefficient (Wildman–Crippen LogP) is 3.69. The lowest BCUT2D eigenvalue weighted by molar-refractivity contribution is -0.146. The van der Waals surface area contributed by atoms with E-state index in [9.17, 15) is 4.79 Å². The molecule has 1 aromatic heterocycles. The number of para-hydroxylation sites is 1. The number of thiocarbonyl (C=S) groups is 1. The predicted molar refractivity (Wildman–Crippen MR) is 149 cm³/mol. The summed E-state index contributed by atoms with van der Waals surface area (Å²) in [6, 6.07) is 11.6. The van der Waals surface area contributed by atoms with Crippen molar-refractivity contribution in [3.05, 3.63) is 59.4 Å². The number of hydrogen-bond acceptors (Lipinski definition) is 9. The van der Waals surface area contributed by atoms with Crippen LogP contribution in [0.1, 0.15) is 12.8 Å². The summed E-state index contributed by atoms with van der Waals surface area (Å²) in [4.78, 5) is 34.4. The highest BCUT2D eigenvalue weighted by molar-refractivity contribution is 7.98. The van der Waals surface area contributed by atoms with Gasteiger partial charge in [-0.15, -0.1) is 16.8 Å². The number of piperidine rings is 1. The topological polar surface area (TPSA) is 82.2 Å². The van der Waals surface area contributed by atoms with Crippen molar-refractivity contribution < 1.29 is 14.5 Å². The van der Waals surface area contributed by atoms with Crippen LogP contribution in [0.2, 0.25) is 5.02 Å². The smallest absolute Gasteiger partial charge is 0.283 e. The summed E-state index contributed by atoms with van der Waals surface area (Å²) >= 11 is 13.3. The van der Waals surface area contributed by atoms with Gasteiger partial charge in [-0.25, -0.2) is 4.98 Å². The largest absolute Gasteiger partial charge is 0.375 e. The second-order valence-electron chi connectivity index (χ2n) is 9.05. The van der Waals surface area contributed by atoms with Gasteiger partial charge in [0.15, 0.2) is 0 Å². The van der Waals surface area contributed by atoms with E-state index >= 15 is 0 Å². The number of hydrogen-bond donors (Lipinski definition) is 2. The Morgan fingerprint density at radius 1 is 1.16 bits per heavy atom. The SMILES string of the molecule is CSc1ccccc1NC(=S)ON1CCC2(C=C(C(=O)N3CCN(c4ncccc4Cl)CC3)NO2)CC1. The average Bonchev–Trinajstić information content (AvgIpc) is 3.34. The zero-order chi connectivity index (χ0) is 25.8. The summed E-state index contributed by atoms with van der Waals surface area (Å²) in [6.07, 6.45) is 7.03. The monoisotopic (exact) mass is 560 g/mol. The van der Waals surface area contributed by atoms with E-state index < -0.39 is 5.60 Å². The van der Waals surface area contributed by atoms with Gasteiger partial charge in [0.05, 0.1) is 10.7 Å². The number of piperazine rings is 1. The molecule has 1 spiro atoms. The van der Waals surface area contributed by atoms with Crippen LogP contribution in [-0.4, -0.2) is 77.2 Å². The fourth-order valence-electron chi connectivity index (χ4n) is 4.69. The van der Waals surface area contributed by atoms with Crippen LogP contribution < -0.4 is 15.7 Å². The van der Waals surface area contributed by atoms with Crippen LogP contribution >= 0.6 is 35.6 Å². The zero-order valence-electron chi connectivity index (χ0n) is 20.5. The van der Waals surface area contributed by atoms with Crippen LogP contribution in [-0.2, 0) is 14.5 Å². The Hall–Kier alpha value is -2.57. The molecular weight excluding hydrogens is 532 g/mol. The van der Waals surface area contributed by atoms with Crippen LogP contribution in [0.5, 0.6) is 0 Å². The van der Waals surface area contributed by atoms with Crippen molar-refractivity contribution in [2.75, 3.05) is 55.7 Å². The summed E-state index contributed by atoms with van der Waals surface area (Å²) in [5, 5.41) is 5.93. The number of benzene rings is 1. The lowest BCUT2D eigenvalue weighted by Crippen LogP contribution is -2.50. The molecule has 4 heterocycles. The van der Waals surface area contributed by atoms with Gasteiger partial charge in [0.2, 0.25) is 0 Å². The molecule has 3 aliphatic heterocycles. The number of halogens is 1. The van der Waals surface area contributed by atoms with Crippen molar-refractivity contribution in [2.45, 2.75) is 23.3 Å². The molecule has 0 radical (unpaired) electrons. The molecule has 2 saturated heterocycles. The lowest BCUT2D eigenvalue weighted by Gasteiger charge is -2.35. The summed E-state index contributed by atoms with van der Waals surface area (Å²) in [5.74, 6) is 0.703. The van der Waals surface area contributed by atoms with Gasteiger partial charge in [-0.05, 0) is 61.7 Å². The first-order valence-corrected chi connectivity index (χ1v) is 14.2. The lowest BCUT2D eigenvalue weighted by atomic mass is 9.91. The van der Waals surface area contributed by atoms with Gasteiger partial charge >= 0.3 is 0 Å². The van der Waals surface area contributed by atoms with Crippen LogP contribution in [0.3, 0.4) is 0 Å². The van der Waals surface area contributed by atoms with Crippen LogP contribution in [0.25, 0.3) is 0 Å². The number of hydroxylamine groups is 3. The van der Waals surface area contributed by atoms with Gasteiger partial charge in [0.25, 0.3) is 11.1 Å². The number of pyridine rings is 1. The zero-order valence-corrected chi connectivity index (χ0v) is 22.9. The second-order valence-corrected chi connectivity index (χ2v) is 10.7. The number of nitrogens with zero attached hydrogens (tertiary/aromatic N) is 4. The highest BCUT2D eigenvalue weighted by Crippen LogP contribution is 2.33. The Labute approximate surface area is 231 Å². The van der Waals surface area contributed by atoms with Gasteiger partial charge in [0.1, 0.15) is 17.1 Å². The van der Waals surface area contributed by atoms with Crippen molar-refractivity contribution in [3.63, 3.8) is 0 Å². The quantitative estimate of drug-likeness (QED) is 0.417. The molecule has 1 aromatic carbocycles. The van der Waals surface area contributed by atoms with E-state index in [1.54, 1.807) is 18.0 Å². The molecule has 12 heteroatoms. The molecule has 0 aliphatic carbocycles. The number of carbonyl (C=O) groups is 1. The first kappa shape index (κ1) is 26.1. The van der Waals surface area contributed by atoms with Crippen LogP contribution in [0, 0.1) is 0 Å². The third-order valence-corrected chi connectivity index (χ3v) is 8.00. The van der Waals surface area contributed by atoms with E-state index in [0.717, 1.165) is 16.4 Å². The van der Waals surface area contributed by atoms with E-state index in [2.05, 4.69) is 20.7 Å². The van der Waals surface area contributed by atoms with Gasteiger partial charge in [-0.1, -0.05) is 23.7 Å². The Balaban J connectivity index is 1.11. The summed E-state index contributed by atoms with van der Waals surface area (Å²) in [5.41, 5.74) is 3.77. The van der Waals surface area contributed by atoms with Gasteiger partial charge in [0, 0.05) is 50.4 Å². The van der Waals surface area contributed by atoms with Crippen molar-refractivity contribution >= 4 is 58.2 Å². The van der Waals surface area contributed by atoms with E-state index in [1.807, 2.05) is 58.7 Å².